The van der Waals surface area contributed by atoms with Crippen LogP contribution in [0.4, 0.5) is 5.69 Å². The largest absolute Gasteiger partial charge is 0.508 e. The molecule has 1 amide bonds. The second-order valence-corrected chi connectivity index (χ2v) is 7.55. The molecule has 1 fully saturated rings. The van der Waals surface area contributed by atoms with Gasteiger partial charge in [0.1, 0.15) is 22.8 Å². The number of amides is 1. The first-order chi connectivity index (χ1) is 14.9. The number of ether oxygens (including phenoxy) is 1. The molecule has 1 aromatic heterocycles. The standard InChI is InChI=1S/C23H24N2O6/c1-14-16(23(29)31-20-12-15(26)11-18(27)22(14)20)13-21(28)25-9-7-24(8-10-25)17-5-3-4-6-19(17)30-2/h3-6,11-12,26-27H,7-10,13H2,1-2H3. The quantitative estimate of drug-likeness (QED) is 0.620. The summed E-state index contributed by atoms with van der Waals surface area (Å²) >= 11 is 0. The van der Waals surface area contributed by atoms with Crippen molar-refractivity contribution in [3.63, 3.8) is 0 Å². The van der Waals surface area contributed by atoms with Gasteiger partial charge in [-0.05, 0) is 24.6 Å². The molecule has 0 radical (unpaired) electrons. The van der Waals surface area contributed by atoms with Gasteiger partial charge in [0.15, 0.2) is 0 Å². The van der Waals surface area contributed by atoms with Gasteiger partial charge in [-0.1, -0.05) is 12.1 Å². The Kier molecular flexibility index (Phi) is 5.46. The summed E-state index contributed by atoms with van der Waals surface area (Å²) in [6.07, 6.45) is -0.112. The second-order valence-electron chi connectivity index (χ2n) is 7.55. The monoisotopic (exact) mass is 424 g/mol. The molecule has 0 atom stereocenters. The second kappa shape index (κ2) is 8.22. The van der Waals surface area contributed by atoms with Crippen LogP contribution in [-0.4, -0.2) is 54.3 Å². The number of benzene rings is 2. The van der Waals surface area contributed by atoms with Crippen molar-refractivity contribution in [3.8, 4) is 17.2 Å². The predicted octanol–water partition coefficient (Wildman–Crippen LogP) is 2.41. The highest BCUT2D eigenvalue weighted by atomic mass is 16.5. The smallest absolute Gasteiger partial charge is 0.340 e. The Hall–Kier alpha value is -3.68. The average Bonchev–Trinajstić information content (AvgIpc) is 2.76. The predicted molar refractivity (Wildman–Crippen MR) is 116 cm³/mol. The number of hydrogen-bond acceptors (Lipinski definition) is 7. The highest BCUT2D eigenvalue weighted by Crippen LogP contribution is 2.33. The molecular formula is C23H24N2O6. The van der Waals surface area contributed by atoms with Crippen LogP contribution in [0.2, 0.25) is 0 Å². The first-order valence-electron chi connectivity index (χ1n) is 10.0. The van der Waals surface area contributed by atoms with Crippen LogP contribution in [0.15, 0.2) is 45.6 Å². The lowest BCUT2D eigenvalue weighted by molar-refractivity contribution is -0.130. The molecule has 4 rings (SSSR count). The molecule has 8 heteroatoms. The first kappa shape index (κ1) is 20.6. The van der Waals surface area contributed by atoms with Gasteiger partial charge in [0.05, 0.1) is 30.2 Å². The normalized spacial score (nSPS) is 14.1. The van der Waals surface area contributed by atoms with Crippen molar-refractivity contribution in [1.82, 2.24) is 4.90 Å². The van der Waals surface area contributed by atoms with Crippen molar-refractivity contribution in [2.45, 2.75) is 13.3 Å². The Bertz CT molecular complexity index is 1190. The number of anilines is 1. The number of aromatic hydroxyl groups is 2. The molecule has 162 valence electrons. The summed E-state index contributed by atoms with van der Waals surface area (Å²) in [5.41, 5.74) is 1.12. The Morgan fingerprint density at radius 1 is 1.13 bits per heavy atom. The number of carbonyl (C=O) groups is 1. The SMILES string of the molecule is COc1ccccc1N1CCN(C(=O)Cc2c(C)c3c(O)cc(O)cc3oc2=O)CC1. The zero-order valence-corrected chi connectivity index (χ0v) is 17.4. The highest BCUT2D eigenvalue weighted by Gasteiger charge is 2.25. The third-order valence-corrected chi connectivity index (χ3v) is 5.73. The lowest BCUT2D eigenvalue weighted by Crippen LogP contribution is -2.49. The topological polar surface area (TPSA) is 103 Å². The summed E-state index contributed by atoms with van der Waals surface area (Å²) in [7, 11) is 1.63. The molecule has 1 aliphatic rings. The number of methoxy groups -OCH3 is 1. The van der Waals surface area contributed by atoms with Crippen LogP contribution in [0.1, 0.15) is 11.1 Å². The molecule has 0 unspecified atom stereocenters. The van der Waals surface area contributed by atoms with Crippen molar-refractivity contribution in [1.29, 1.82) is 0 Å². The van der Waals surface area contributed by atoms with Crippen LogP contribution in [0.3, 0.4) is 0 Å². The molecule has 1 aliphatic heterocycles. The maximum Gasteiger partial charge on any atom is 0.340 e. The van der Waals surface area contributed by atoms with Crippen LogP contribution in [-0.2, 0) is 11.2 Å². The van der Waals surface area contributed by atoms with Crippen molar-refractivity contribution >= 4 is 22.6 Å². The Morgan fingerprint density at radius 3 is 2.55 bits per heavy atom. The van der Waals surface area contributed by atoms with Gasteiger partial charge in [0.2, 0.25) is 5.91 Å². The van der Waals surface area contributed by atoms with Crippen molar-refractivity contribution in [2.24, 2.45) is 0 Å². The maximum absolute atomic E-state index is 12.9. The average molecular weight is 424 g/mol. The zero-order chi connectivity index (χ0) is 22.1. The van der Waals surface area contributed by atoms with E-state index in [1.165, 1.54) is 12.1 Å². The summed E-state index contributed by atoms with van der Waals surface area (Å²) in [5.74, 6) is 0.213. The summed E-state index contributed by atoms with van der Waals surface area (Å²) in [6, 6.07) is 10.2. The minimum atomic E-state index is -0.643. The van der Waals surface area contributed by atoms with Gasteiger partial charge in [-0.15, -0.1) is 0 Å². The van der Waals surface area contributed by atoms with Crippen LogP contribution < -0.4 is 15.3 Å². The minimum Gasteiger partial charge on any atom is -0.508 e. The number of hydrogen-bond donors (Lipinski definition) is 2. The highest BCUT2D eigenvalue weighted by molar-refractivity contribution is 5.90. The van der Waals surface area contributed by atoms with Gasteiger partial charge in [0, 0.05) is 38.3 Å². The van der Waals surface area contributed by atoms with Gasteiger partial charge in [0.25, 0.3) is 0 Å². The summed E-state index contributed by atoms with van der Waals surface area (Å²) in [6.45, 7) is 4.01. The van der Waals surface area contributed by atoms with Crippen molar-refractivity contribution in [2.75, 3.05) is 38.2 Å². The number of fused-ring (bicyclic) bond motifs is 1. The van der Waals surface area contributed by atoms with Crippen LogP contribution >= 0.6 is 0 Å². The number of para-hydroxylation sites is 2. The van der Waals surface area contributed by atoms with Crippen molar-refractivity contribution < 1.29 is 24.2 Å². The van der Waals surface area contributed by atoms with E-state index in [2.05, 4.69) is 4.90 Å². The molecule has 2 N–H and O–H groups in total. The molecule has 2 aromatic carbocycles. The lowest BCUT2D eigenvalue weighted by atomic mass is 10.0. The van der Waals surface area contributed by atoms with Gasteiger partial charge in [-0.2, -0.15) is 0 Å². The Morgan fingerprint density at radius 2 is 1.84 bits per heavy atom. The number of piperazine rings is 1. The van der Waals surface area contributed by atoms with Gasteiger partial charge < -0.3 is 29.2 Å². The third-order valence-electron chi connectivity index (χ3n) is 5.73. The zero-order valence-electron chi connectivity index (χ0n) is 17.4. The fraction of sp³-hybridized carbons (Fsp3) is 0.304. The number of phenols is 2. The molecule has 0 spiro atoms. The number of nitrogens with zero attached hydrogens (tertiary/aromatic N) is 2. The molecule has 0 saturated carbocycles. The number of aryl methyl sites for hydroxylation is 1. The van der Waals surface area contributed by atoms with E-state index in [1.54, 1.807) is 18.9 Å². The number of carbonyl (C=O) groups excluding carboxylic acids is 1. The van der Waals surface area contributed by atoms with E-state index in [-0.39, 0.29) is 35.0 Å². The van der Waals surface area contributed by atoms with Crippen LogP contribution in [0.5, 0.6) is 17.2 Å². The number of rotatable bonds is 4. The van der Waals surface area contributed by atoms with Crippen LogP contribution in [0, 0.1) is 6.92 Å². The van der Waals surface area contributed by atoms with E-state index in [0.717, 1.165) is 11.4 Å². The fourth-order valence-corrected chi connectivity index (χ4v) is 4.07. The molecular weight excluding hydrogens is 400 g/mol. The molecule has 0 bridgehead atoms. The van der Waals surface area contributed by atoms with Gasteiger partial charge in [-0.25, -0.2) is 4.79 Å². The number of phenolic OH excluding ortho intramolecular Hbond substituents is 2. The van der Waals surface area contributed by atoms with E-state index in [9.17, 15) is 19.8 Å². The van der Waals surface area contributed by atoms with E-state index < -0.39 is 5.63 Å². The fourth-order valence-electron chi connectivity index (χ4n) is 4.07. The first-order valence-corrected chi connectivity index (χ1v) is 10.0. The molecule has 31 heavy (non-hydrogen) atoms. The molecule has 1 saturated heterocycles. The summed E-state index contributed by atoms with van der Waals surface area (Å²) < 4.78 is 10.7. The minimum absolute atomic E-state index is 0.0848. The summed E-state index contributed by atoms with van der Waals surface area (Å²) in [4.78, 5) is 29.3. The molecule has 8 nitrogen and oxygen atoms in total. The van der Waals surface area contributed by atoms with E-state index in [1.807, 2.05) is 24.3 Å². The van der Waals surface area contributed by atoms with Crippen molar-refractivity contribution in [3.05, 3.63) is 57.9 Å². The van der Waals surface area contributed by atoms with Gasteiger partial charge in [-0.3, -0.25) is 4.79 Å². The molecule has 2 heterocycles. The van der Waals surface area contributed by atoms with Crippen LogP contribution in [0.25, 0.3) is 11.0 Å². The van der Waals surface area contributed by atoms with E-state index >= 15 is 0 Å². The molecule has 3 aromatic rings. The Balaban J connectivity index is 1.51. The van der Waals surface area contributed by atoms with Gasteiger partial charge >= 0.3 is 5.63 Å². The summed E-state index contributed by atoms with van der Waals surface area (Å²) in [5, 5.41) is 20.1. The van der Waals surface area contributed by atoms with E-state index in [0.29, 0.717) is 37.1 Å². The maximum atomic E-state index is 12.9. The Labute approximate surface area is 178 Å². The molecule has 0 aliphatic carbocycles. The lowest BCUT2D eigenvalue weighted by Gasteiger charge is -2.36. The van der Waals surface area contributed by atoms with E-state index in [4.69, 9.17) is 9.15 Å². The third kappa shape index (κ3) is 3.88.